The first-order valence-electron chi connectivity index (χ1n) is 6.94. The molecule has 1 unspecified atom stereocenters. The molecule has 0 aromatic carbocycles. The van der Waals surface area contributed by atoms with Crippen LogP contribution in [0.4, 0.5) is 0 Å². The summed E-state index contributed by atoms with van der Waals surface area (Å²) in [7, 11) is -0.842. The SMILES string of the molecule is CCCS(=O)(=O)CCC(CNC)C1CCCC1. The van der Waals surface area contributed by atoms with Gasteiger partial charge in [0.2, 0.25) is 0 Å². The molecule has 3 nitrogen and oxygen atoms in total. The minimum Gasteiger partial charge on any atom is -0.319 e. The molecule has 1 aliphatic rings. The van der Waals surface area contributed by atoms with Crippen LogP contribution < -0.4 is 5.32 Å². The maximum absolute atomic E-state index is 11.7. The minimum absolute atomic E-state index is 0.351. The second-order valence-corrected chi connectivity index (χ2v) is 7.61. The molecule has 1 fully saturated rings. The monoisotopic (exact) mass is 261 g/mol. The lowest BCUT2D eigenvalue weighted by atomic mass is 9.89. The number of nitrogens with one attached hydrogen (secondary N) is 1. The maximum atomic E-state index is 11.7. The van der Waals surface area contributed by atoms with Crippen LogP contribution in [-0.4, -0.2) is 33.5 Å². The van der Waals surface area contributed by atoms with E-state index in [-0.39, 0.29) is 0 Å². The zero-order valence-corrected chi connectivity index (χ0v) is 12.1. The molecule has 1 N–H and O–H groups in total. The van der Waals surface area contributed by atoms with Crippen molar-refractivity contribution in [3.8, 4) is 0 Å². The van der Waals surface area contributed by atoms with Gasteiger partial charge in [0.15, 0.2) is 0 Å². The van der Waals surface area contributed by atoms with Crippen molar-refractivity contribution in [1.29, 1.82) is 0 Å². The molecular formula is C13H27NO2S. The van der Waals surface area contributed by atoms with E-state index in [9.17, 15) is 8.42 Å². The van der Waals surface area contributed by atoms with Gasteiger partial charge in [-0.3, -0.25) is 0 Å². The molecule has 1 saturated carbocycles. The van der Waals surface area contributed by atoms with Crippen molar-refractivity contribution in [3.63, 3.8) is 0 Å². The van der Waals surface area contributed by atoms with Crippen LogP contribution in [0.3, 0.4) is 0 Å². The van der Waals surface area contributed by atoms with Gasteiger partial charge in [-0.25, -0.2) is 8.42 Å². The fraction of sp³-hybridized carbons (Fsp3) is 1.00. The third kappa shape index (κ3) is 5.38. The summed E-state index contributed by atoms with van der Waals surface area (Å²) in [6.07, 6.45) is 6.82. The molecule has 0 aliphatic heterocycles. The Morgan fingerprint density at radius 1 is 1.24 bits per heavy atom. The topological polar surface area (TPSA) is 46.2 Å². The Bertz CT molecular complexity index is 295. The van der Waals surface area contributed by atoms with Gasteiger partial charge in [-0.1, -0.05) is 32.6 Å². The molecule has 0 heterocycles. The van der Waals surface area contributed by atoms with E-state index in [4.69, 9.17) is 0 Å². The zero-order valence-electron chi connectivity index (χ0n) is 11.2. The molecule has 0 aromatic heterocycles. The first-order chi connectivity index (χ1) is 8.09. The van der Waals surface area contributed by atoms with E-state index >= 15 is 0 Å². The zero-order chi connectivity index (χ0) is 12.7. The van der Waals surface area contributed by atoms with Gasteiger partial charge in [0.25, 0.3) is 0 Å². The lowest BCUT2D eigenvalue weighted by molar-refractivity contribution is 0.321. The van der Waals surface area contributed by atoms with Crippen molar-refractivity contribution in [2.45, 2.75) is 45.4 Å². The van der Waals surface area contributed by atoms with E-state index in [0.29, 0.717) is 17.4 Å². The predicted octanol–water partition coefficient (Wildman–Crippen LogP) is 2.23. The van der Waals surface area contributed by atoms with Crippen LogP contribution in [-0.2, 0) is 9.84 Å². The highest BCUT2D eigenvalue weighted by atomic mass is 32.2. The largest absolute Gasteiger partial charge is 0.319 e. The summed E-state index contributed by atoms with van der Waals surface area (Å²) in [5.74, 6) is 2.03. The molecule has 0 spiro atoms. The maximum Gasteiger partial charge on any atom is 0.150 e. The van der Waals surface area contributed by atoms with Crippen LogP contribution in [0.25, 0.3) is 0 Å². The molecule has 0 bridgehead atoms. The quantitative estimate of drug-likeness (QED) is 0.729. The van der Waals surface area contributed by atoms with Gasteiger partial charge < -0.3 is 5.32 Å². The molecule has 102 valence electrons. The highest BCUT2D eigenvalue weighted by molar-refractivity contribution is 7.91. The standard InChI is InChI=1S/C13H27NO2S/c1-3-9-17(15,16)10-8-13(11-14-2)12-6-4-5-7-12/h12-14H,3-11H2,1-2H3. The molecule has 1 atom stereocenters. The van der Waals surface area contributed by atoms with E-state index in [0.717, 1.165) is 25.3 Å². The summed E-state index contributed by atoms with van der Waals surface area (Å²) >= 11 is 0. The summed E-state index contributed by atoms with van der Waals surface area (Å²) in [6.45, 7) is 2.89. The van der Waals surface area contributed by atoms with Crippen molar-refractivity contribution < 1.29 is 8.42 Å². The number of hydrogen-bond acceptors (Lipinski definition) is 3. The van der Waals surface area contributed by atoms with E-state index in [1.165, 1.54) is 25.7 Å². The Labute approximate surface area is 106 Å². The van der Waals surface area contributed by atoms with Crippen LogP contribution >= 0.6 is 0 Å². The van der Waals surface area contributed by atoms with Gasteiger partial charge in [0.1, 0.15) is 9.84 Å². The normalized spacial score (nSPS) is 19.6. The highest BCUT2D eigenvalue weighted by Gasteiger charge is 2.25. The van der Waals surface area contributed by atoms with Gasteiger partial charge in [0, 0.05) is 5.75 Å². The van der Waals surface area contributed by atoms with Crippen LogP contribution in [0.5, 0.6) is 0 Å². The number of hydrogen-bond donors (Lipinski definition) is 1. The lowest BCUT2D eigenvalue weighted by Crippen LogP contribution is -2.27. The van der Waals surface area contributed by atoms with Crippen LogP contribution in [0.15, 0.2) is 0 Å². The molecule has 0 amide bonds. The van der Waals surface area contributed by atoms with Gasteiger partial charge in [0.05, 0.1) is 5.75 Å². The van der Waals surface area contributed by atoms with Gasteiger partial charge >= 0.3 is 0 Å². The predicted molar refractivity (Wildman–Crippen MR) is 72.9 cm³/mol. The van der Waals surface area contributed by atoms with E-state index in [2.05, 4.69) is 5.32 Å². The number of sulfone groups is 1. The van der Waals surface area contributed by atoms with Crippen LogP contribution in [0.1, 0.15) is 45.4 Å². The second kappa shape index (κ2) is 7.37. The minimum atomic E-state index is -2.80. The molecule has 0 saturated heterocycles. The summed E-state index contributed by atoms with van der Waals surface area (Å²) in [6, 6.07) is 0. The third-order valence-electron chi connectivity index (χ3n) is 3.85. The summed E-state index contributed by atoms with van der Waals surface area (Å²) < 4.78 is 23.5. The lowest BCUT2D eigenvalue weighted by Gasteiger charge is -2.23. The fourth-order valence-corrected chi connectivity index (χ4v) is 4.43. The molecule has 17 heavy (non-hydrogen) atoms. The first-order valence-corrected chi connectivity index (χ1v) is 8.76. The molecule has 4 heteroatoms. The van der Waals surface area contributed by atoms with Gasteiger partial charge in [-0.2, -0.15) is 0 Å². The fourth-order valence-electron chi connectivity index (χ4n) is 2.94. The van der Waals surface area contributed by atoms with E-state index in [1.807, 2.05) is 14.0 Å². The highest BCUT2D eigenvalue weighted by Crippen LogP contribution is 2.33. The van der Waals surface area contributed by atoms with Crippen molar-refractivity contribution >= 4 is 9.84 Å². The average molecular weight is 261 g/mol. The molecular weight excluding hydrogens is 234 g/mol. The van der Waals surface area contributed by atoms with Crippen molar-refractivity contribution in [2.24, 2.45) is 11.8 Å². The van der Waals surface area contributed by atoms with E-state index in [1.54, 1.807) is 0 Å². The third-order valence-corrected chi connectivity index (χ3v) is 5.74. The Morgan fingerprint density at radius 3 is 2.41 bits per heavy atom. The molecule has 1 aliphatic carbocycles. The number of rotatable bonds is 8. The Morgan fingerprint density at radius 2 is 1.88 bits per heavy atom. The molecule has 0 radical (unpaired) electrons. The smallest absolute Gasteiger partial charge is 0.150 e. The summed E-state index contributed by atoms with van der Waals surface area (Å²) in [5.41, 5.74) is 0. The second-order valence-electron chi connectivity index (χ2n) is 5.30. The van der Waals surface area contributed by atoms with Gasteiger partial charge in [-0.05, 0) is 38.3 Å². The Hall–Kier alpha value is -0.0900. The van der Waals surface area contributed by atoms with Gasteiger partial charge in [-0.15, -0.1) is 0 Å². The Balaban J connectivity index is 2.43. The molecule has 1 rings (SSSR count). The first kappa shape index (κ1) is 15.0. The molecule has 0 aromatic rings. The van der Waals surface area contributed by atoms with E-state index < -0.39 is 9.84 Å². The average Bonchev–Trinajstić information content (AvgIpc) is 2.77. The summed E-state index contributed by atoms with van der Waals surface area (Å²) in [5, 5.41) is 3.22. The van der Waals surface area contributed by atoms with Crippen molar-refractivity contribution in [3.05, 3.63) is 0 Å². The summed E-state index contributed by atoms with van der Waals surface area (Å²) in [4.78, 5) is 0. The van der Waals surface area contributed by atoms with Crippen LogP contribution in [0.2, 0.25) is 0 Å². The van der Waals surface area contributed by atoms with Crippen molar-refractivity contribution in [1.82, 2.24) is 5.32 Å². The Kier molecular flexibility index (Phi) is 6.49. The van der Waals surface area contributed by atoms with Crippen LogP contribution in [0, 0.1) is 11.8 Å². The van der Waals surface area contributed by atoms with Crippen molar-refractivity contribution in [2.75, 3.05) is 25.1 Å².